The maximum atomic E-state index is 11.2. The molecule has 3 heteroatoms. The fraction of sp³-hybridized carbons (Fsp3) is 0.273. The minimum absolute atomic E-state index is 0.0945. The van der Waals surface area contributed by atoms with E-state index < -0.39 is 0 Å². The van der Waals surface area contributed by atoms with Gasteiger partial charge in [-0.2, -0.15) is 0 Å². The summed E-state index contributed by atoms with van der Waals surface area (Å²) in [6, 6.07) is 5.13. The van der Waals surface area contributed by atoms with Crippen molar-refractivity contribution < 1.29 is 9.53 Å². The number of rotatable bonds is 2. The highest BCUT2D eigenvalue weighted by Gasteiger charge is 2.09. The first kappa shape index (κ1) is 11.1. The van der Waals surface area contributed by atoms with Gasteiger partial charge >= 0.3 is 5.97 Å². The first-order chi connectivity index (χ1) is 6.54. The van der Waals surface area contributed by atoms with Crippen LogP contribution in [0.4, 0.5) is 0 Å². The van der Waals surface area contributed by atoms with Crippen molar-refractivity contribution in [3.05, 3.63) is 41.3 Å². The summed E-state index contributed by atoms with van der Waals surface area (Å²) in [5, 5.41) is 0.526. The van der Waals surface area contributed by atoms with E-state index in [0.29, 0.717) is 10.6 Å². The molecule has 1 aromatic carbocycles. The van der Waals surface area contributed by atoms with Crippen LogP contribution in [-0.4, -0.2) is 13.1 Å². The Morgan fingerprint density at radius 2 is 2.14 bits per heavy atom. The Morgan fingerprint density at radius 1 is 1.50 bits per heavy atom. The van der Waals surface area contributed by atoms with E-state index in [4.69, 9.17) is 11.6 Å². The lowest BCUT2D eigenvalue weighted by molar-refractivity contribution is 0.0600. The van der Waals surface area contributed by atoms with Crippen LogP contribution in [0.2, 0.25) is 5.02 Å². The molecule has 14 heavy (non-hydrogen) atoms. The highest BCUT2D eigenvalue weighted by Crippen LogP contribution is 2.21. The molecule has 0 bridgehead atoms. The van der Waals surface area contributed by atoms with Crippen LogP contribution >= 0.6 is 11.6 Å². The van der Waals surface area contributed by atoms with E-state index in [1.165, 1.54) is 7.11 Å². The van der Waals surface area contributed by atoms with E-state index >= 15 is 0 Å². The predicted octanol–water partition coefficient (Wildman–Crippen LogP) is 3.06. The number of carbonyl (C=O) groups excluding carboxylic acids is 1. The summed E-state index contributed by atoms with van der Waals surface area (Å²) in [5.41, 5.74) is 1.39. The topological polar surface area (TPSA) is 26.3 Å². The zero-order valence-electron chi connectivity index (χ0n) is 8.21. The van der Waals surface area contributed by atoms with E-state index in [1.807, 2.05) is 6.92 Å². The quantitative estimate of drug-likeness (QED) is 0.703. The molecule has 0 aliphatic rings. The highest BCUT2D eigenvalue weighted by molar-refractivity contribution is 6.31. The third-order valence-electron chi connectivity index (χ3n) is 1.91. The number of methoxy groups -OCH3 is 1. The Balaban J connectivity index is 3.13. The Labute approximate surface area is 88.8 Å². The van der Waals surface area contributed by atoms with Gasteiger partial charge in [0.2, 0.25) is 0 Å². The van der Waals surface area contributed by atoms with Crippen LogP contribution in [0.3, 0.4) is 0 Å². The average molecular weight is 212 g/mol. The molecule has 1 unspecified atom stereocenters. The predicted molar refractivity (Wildman–Crippen MR) is 56.6 cm³/mol. The van der Waals surface area contributed by atoms with Crippen molar-refractivity contribution in [2.24, 2.45) is 0 Å². The monoisotopic (exact) mass is 211 g/mol. The van der Waals surface area contributed by atoms with Crippen molar-refractivity contribution in [1.29, 1.82) is 0 Å². The lowest BCUT2D eigenvalue weighted by Crippen LogP contribution is -2.02. The maximum Gasteiger partial charge on any atom is 0.337 e. The summed E-state index contributed by atoms with van der Waals surface area (Å²) in [4.78, 5) is 11.2. The zero-order valence-corrected chi connectivity index (χ0v) is 8.97. The van der Waals surface area contributed by atoms with Crippen molar-refractivity contribution in [1.82, 2.24) is 0 Å². The zero-order chi connectivity index (χ0) is 10.7. The second-order valence-corrected chi connectivity index (χ2v) is 3.60. The third-order valence-corrected chi connectivity index (χ3v) is 2.13. The Bertz CT molecular complexity index is 345. The van der Waals surface area contributed by atoms with E-state index in [2.05, 4.69) is 11.7 Å². The van der Waals surface area contributed by atoms with Gasteiger partial charge < -0.3 is 4.74 Å². The van der Waals surface area contributed by atoms with Gasteiger partial charge in [0.25, 0.3) is 0 Å². The van der Waals surface area contributed by atoms with Gasteiger partial charge in [-0.1, -0.05) is 18.5 Å². The van der Waals surface area contributed by atoms with Crippen molar-refractivity contribution >= 4 is 17.6 Å². The molecule has 1 aromatic rings. The van der Waals surface area contributed by atoms with Gasteiger partial charge in [0.15, 0.2) is 0 Å². The summed E-state index contributed by atoms with van der Waals surface area (Å²) in [6.45, 7) is 5.80. The number of hydrogen-bond acceptors (Lipinski definition) is 2. The van der Waals surface area contributed by atoms with E-state index in [1.54, 1.807) is 18.2 Å². The molecule has 0 heterocycles. The fourth-order valence-electron chi connectivity index (χ4n) is 1.13. The van der Waals surface area contributed by atoms with Crippen LogP contribution in [-0.2, 0) is 4.74 Å². The van der Waals surface area contributed by atoms with Crippen LogP contribution in [0.5, 0.6) is 0 Å². The number of halogens is 1. The van der Waals surface area contributed by atoms with E-state index in [0.717, 1.165) is 5.56 Å². The number of esters is 1. The molecule has 0 fully saturated rings. The summed E-state index contributed by atoms with van der Waals surface area (Å²) in [5.74, 6) is -0.286. The SMILES string of the molecule is [CH2]C(C)c1cc(Cl)cc(C(=O)OC)c1. The van der Waals surface area contributed by atoms with Gasteiger partial charge in [0.1, 0.15) is 0 Å². The summed E-state index contributed by atoms with van der Waals surface area (Å²) < 4.78 is 4.61. The Hall–Kier alpha value is -1.02. The first-order valence-corrected chi connectivity index (χ1v) is 4.64. The normalized spacial score (nSPS) is 10.4. The second kappa shape index (κ2) is 4.47. The minimum Gasteiger partial charge on any atom is -0.465 e. The first-order valence-electron chi connectivity index (χ1n) is 4.26. The number of benzene rings is 1. The number of ether oxygens (including phenoxy) is 1. The summed E-state index contributed by atoms with van der Waals surface area (Å²) in [6.07, 6.45) is 0. The standard InChI is InChI=1S/C11H12ClO2/c1-7(2)8-4-9(11(13)14-3)6-10(12)5-8/h4-7H,1H2,2-3H3. The van der Waals surface area contributed by atoms with Crippen LogP contribution in [0.25, 0.3) is 0 Å². The smallest absolute Gasteiger partial charge is 0.337 e. The van der Waals surface area contributed by atoms with Crippen LogP contribution in [0.15, 0.2) is 18.2 Å². The van der Waals surface area contributed by atoms with Gasteiger partial charge in [-0.25, -0.2) is 4.79 Å². The molecule has 0 aliphatic carbocycles. The molecule has 1 radical (unpaired) electrons. The Morgan fingerprint density at radius 3 is 2.64 bits per heavy atom. The molecular weight excluding hydrogens is 200 g/mol. The lowest BCUT2D eigenvalue weighted by atomic mass is 10.0. The van der Waals surface area contributed by atoms with Crippen molar-refractivity contribution in [3.8, 4) is 0 Å². The largest absolute Gasteiger partial charge is 0.465 e. The molecular formula is C11H12ClO2. The van der Waals surface area contributed by atoms with Gasteiger partial charge in [0.05, 0.1) is 12.7 Å². The molecule has 0 aliphatic heterocycles. The van der Waals surface area contributed by atoms with Crippen molar-refractivity contribution in [2.75, 3.05) is 7.11 Å². The van der Waals surface area contributed by atoms with Gasteiger partial charge in [-0.3, -0.25) is 0 Å². The molecule has 1 atom stereocenters. The van der Waals surface area contributed by atoms with E-state index in [9.17, 15) is 4.79 Å². The van der Waals surface area contributed by atoms with Gasteiger partial charge in [-0.15, -0.1) is 0 Å². The molecule has 0 aromatic heterocycles. The molecule has 0 saturated heterocycles. The van der Waals surface area contributed by atoms with Crippen LogP contribution < -0.4 is 0 Å². The minimum atomic E-state index is -0.380. The number of carbonyl (C=O) groups is 1. The lowest BCUT2D eigenvalue weighted by Gasteiger charge is -2.07. The summed E-state index contributed by atoms with van der Waals surface area (Å²) in [7, 11) is 1.34. The molecule has 0 N–H and O–H groups in total. The highest BCUT2D eigenvalue weighted by atomic mass is 35.5. The van der Waals surface area contributed by atoms with Crippen molar-refractivity contribution in [3.63, 3.8) is 0 Å². The maximum absolute atomic E-state index is 11.2. The number of hydrogen-bond donors (Lipinski definition) is 0. The van der Waals surface area contributed by atoms with Gasteiger partial charge in [-0.05, 0) is 36.6 Å². The van der Waals surface area contributed by atoms with E-state index in [-0.39, 0.29) is 11.9 Å². The summed E-state index contributed by atoms with van der Waals surface area (Å²) >= 11 is 5.86. The van der Waals surface area contributed by atoms with Gasteiger partial charge in [0, 0.05) is 5.02 Å². The second-order valence-electron chi connectivity index (χ2n) is 3.17. The Kier molecular flexibility index (Phi) is 3.53. The van der Waals surface area contributed by atoms with Crippen LogP contribution in [0.1, 0.15) is 28.8 Å². The molecule has 1 rings (SSSR count). The third kappa shape index (κ3) is 2.48. The molecule has 0 saturated carbocycles. The fourth-order valence-corrected chi connectivity index (χ4v) is 1.38. The molecule has 0 spiro atoms. The van der Waals surface area contributed by atoms with Crippen LogP contribution in [0, 0.1) is 6.92 Å². The molecule has 75 valence electrons. The average Bonchev–Trinajstić information content (AvgIpc) is 2.15. The van der Waals surface area contributed by atoms with Crippen molar-refractivity contribution in [2.45, 2.75) is 12.8 Å². The molecule has 2 nitrogen and oxygen atoms in total. The molecule has 0 amide bonds.